The second-order valence-electron chi connectivity index (χ2n) is 7.99. The van der Waals surface area contributed by atoms with E-state index < -0.39 is 17.8 Å². The molecule has 1 N–H and O–H groups in total. The highest BCUT2D eigenvalue weighted by Crippen LogP contribution is 2.28. The lowest BCUT2D eigenvalue weighted by molar-refractivity contribution is -0.122. The van der Waals surface area contributed by atoms with Crippen LogP contribution in [0.5, 0.6) is 11.5 Å². The van der Waals surface area contributed by atoms with Crippen LogP contribution < -0.4 is 19.7 Å². The van der Waals surface area contributed by atoms with Gasteiger partial charge < -0.3 is 9.47 Å². The van der Waals surface area contributed by atoms with E-state index in [9.17, 15) is 14.4 Å². The van der Waals surface area contributed by atoms with Gasteiger partial charge in [0.2, 0.25) is 0 Å². The lowest BCUT2D eigenvalue weighted by Gasteiger charge is -2.26. The van der Waals surface area contributed by atoms with Gasteiger partial charge in [-0.15, -0.1) is 0 Å². The number of rotatable bonds is 7. The molecule has 1 aliphatic heterocycles. The number of nitrogens with zero attached hydrogens (tertiary/aromatic N) is 1. The van der Waals surface area contributed by atoms with Crippen molar-refractivity contribution in [2.24, 2.45) is 0 Å². The highest BCUT2D eigenvalue weighted by atomic mass is 79.9. The van der Waals surface area contributed by atoms with Gasteiger partial charge in [-0.05, 0) is 62.4 Å². The minimum absolute atomic E-state index is 0.177. The zero-order valence-corrected chi connectivity index (χ0v) is 20.8. The molecule has 0 aromatic heterocycles. The zero-order valence-electron chi connectivity index (χ0n) is 19.2. The number of carbonyl (C=O) groups is 3. The molecule has 1 fully saturated rings. The van der Waals surface area contributed by atoms with Crippen molar-refractivity contribution in [1.82, 2.24) is 5.32 Å². The fraction of sp³-hybridized carbons (Fsp3) is 0.148. The SMILES string of the molecule is Cc1ccc(OCCOc2ccc(Br)cc2C=C2C(=O)NC(=O)N(c3ccc(C)cc3)C2=O)cc1. The Morgan fingerprint density at radius 1 is 0.857 bits per heavy atom. The summed E-state index contributed by atoms with van der Waals surface area (Å²) >= 11 is 3.41. The number of imide groups is 2. The summed E-state index contributed by atoms with van der Waals surface area (Å²) in [7, 11) is 0. The minimum atomic E-state index is -0.792. The Morgan fingerprint density at radius 3 is 2.17 bits per heavy atom. The first kappa shape index (κ1) is 24.2. The molecule has 1 aliphatic rings. The van der Waals surface area contributed by atoms with Gasteiger partial charge in [0.05, 0.1) is 5.69 Å². The molecule has 7 nitrogen and oxygen atoms in total. The lowest BCUT2D eigenvalue weighted by Crippen LogP contribution is -2.54. The first-order valence-corrected chi connectivity index (χ1v) is 11.7. The van der Waals surface area contributed by atoms with Gasteiger partial charge in [0.1, 0.15) is 30.3 Å². The molecule has 35 heavy (non-hydrogen) atoms. The summed E-state index contributed by atoms with van der Waals surface area (Å²) in [5.41, 5.74) is 2.82. The van der Waals surface area contributed by atoms with Crippen molar-refractivity contribution in [3.05, 3.63) is 93.5 Å². The number of carbonyl (C=O) groups excluding carboxylic acids is 3. The highest BCUT2D eigenvalue weighted by Gasteiger charge is 2.37. The molecule has 4 rings (SSSR count). The van der Waals surface area contributed by atoms with Crippen LogP contribution >= 0.6 is 15.9 Å². The number of hydrogen-bond acceptors (Lipinski definition) is 5. The Hall–Kier alpha value is -3.91. The Kier molecular flexibility index (Phi) is 7.31. The minimum Gasteiger partial charge on any atom is -0.490 e. The van der Waals surface area contributed by atoms with Crippen molar-refractivity contribution in [3.8, 4) is 11.5 Å². The number of barbiturate groups is 1. The third-order valence-corrected chi connectivity index (χ3v) is 5.79. The van der Waals surface area contributed by atoms with Crippen molar-refractivity contribution in [2.45, 2.75) is 13.8 Å². The van der Waals surface area contributed by atoms with Gasteiger partial charge in [0.25, 0.3) is 11.8 Å². The fourth-order valence-electron chi connectivity index (χ4n) is 3.45. The molecular weight excluding hydrogens is 512 g/mol. The molecule has 178 valence electrons. The largest absolute Gasteiger partial charge is 0.490 e. The van der Waals surface area contributed by atoms with E-state index in [1.807, 2.05) is 38.1 Å². The molecule has 4 amide bonds. The number of nitrogens with one attached hydrogen (secondary N) is 1. The fourth-order valence-corrected chi connectivity index (χ4v) is 3.83. The number of aryl methyl sites for hydroxylation is 2. The van der Waals surface area contributed by atoms with E-state index in [-0.39, 0.29) is 12.2 Å². The number of anilines is 1. The predicted octanol–water partition coefficient (Wildman–Crippen LogP) is 5.19. The van der Waals surface area contributed by atoms with E-state index in [0.717, 1.165) is 26.2 Å². The molecule has 0 radical (unpaired) electrons. The molecule has 1 heterocycles. The molecule has 3 aromatic carbocycles. The zero-order chi connectivity index (χ0) is 24.9. The first-order chi connectivity index (χ1) is 16.8. The highest BCUT2D eigenvalue weighted by molar-refractivity contribution is 9.10. The molecule has 0 spiro atoms. The predicted molar refractivity (Wildman–Crippen MR) is 136 cm³/mol. The average molecular weight is 535 g/mol. The van der Waals surface area contributed by atoms with Crippen LogP contribution in [-0.4, -0.2) is 31.1 Å². The van der Waals surface area contributed by atoms with E-state index in [4.69, 9.17) is 9.47 Å². The quantitative estimate of drug-likeness (QED) is 0.256. The number of hydrogen-bond donors (Lipinski definition) is 1. The molecule has 8 heteroatoms. The monoisotopic (exact) mass is 534 g/mol. The average Bonchev–Trinajstić information content (AvgIpc) is 2.83. The Balaban J connectivity index is 1.54. The number of benzene rings is 3. The summed E-state index contributed by atoms with van der Waals surface area (Å²) in [5.74, 6) is -0.275. The van der Waals surface area contributed by atoms with E-state index in [2.05, 4.69) is 21.2 Å². The summed E-state index contributed by atoms with van der Waals surface area (Å²) < 4.78 is 12.3. The summed E-state index contributed by atoms with van der Waals surface area (Å²) in [4.78, 5) is 39.1. The summed E-state index contributed by atoms with van der Waals surface area (Å²) in [6.45, 7) is 4.46. The van der Waals surface area contributed by atoms with Gasteiger partial charge in [-0.3, -0.25) is 14.9 Å². The lowest BCUT2D eigenvalue weighted by atomic mass is 10.1. The van der Waals surface area contributed by atoms with E-state index in [0.29, 0.717) is 23.6 Å². The topological polar surface area (TPSA) is 84.9 Å². The van der Waals surface area contributed by atoms with Gasteiger partial charge in [-0.25, -0.2) is 9.69 Å². The van der Waals surface area contributed by atoms with Crippen LogP contribution in [0.1, 0.15) is 16.7 Å². The number of amides is 4. The third-order valence-electron chi connectivity index (χ3n) is 5.30. The second-order valence-corrected chi connectivity index (χ2v) is 8.90. The van der Waals surface area contributed by atoms with Crippen LogP contribution in [0.15, 0.2) is 76.8 Å². The van der Waals surface area contributed by atoms with Crippen molar-refractivity contribution in [2.75, 3.05) is 18.1 Å². The summed E-state index contributed by atoms with van der Waals surface area (Å²) in [5, 5.41) is 2.24. The normalized spacial score (nSPS) is 14.8. The summed E-state index contributed by atoms with van der Waals surface area (Å²) in [6.07, 6.45) is 1.42. The molecule has 0 unspecified atom stereocenters. The van der Waals surface area contributed by atoms with Gasteiger partial charge in [-0.1, -0.05) is 51.3 Å². The van der Waals surface area contributed by atoms with Crippen LogP contribution in [0.3, 0.4) is 0 Å². The van der Waals surface area contributed by atoms with E-state index in [1.165, 1.54) is 6.08 Å². The van der Waals surface area contributed by atoms with Gasteiger partial charge in [-0.2, -0.15) is 0 Å². The van der Waals surface area contributed by atoms with Crippen molar-refractivity contribution < 1.29 is 23.9 Å². The Morgan fingerprint density at radius 2 is 1.49 bits per heavy atom. The number of ether oxygens (including phenoxy) is 2. The molecule has 0 saturated carbocycles. The van der Waals surface area contributed by atoms with Crippen molar-refractivity contribution >= 4 is 45.5 Å². The molecule has 0 aliphatic carbocycles. The third kappa shape index (κ3) is 5.78. The van der Waals surface area contributed by atoms with Crippen molar-refractivity contribution in [1.29, 1.82) is 0 Å². The molecule has 0 bridgehead atoms. The van der Waals surface area contributed by atoms with Crippen LogP contribution in [0.25, 0.3) is 6.08 Å². The Labute approximate surface area is 211 Å². The molecular formula is C27H23BrN2O5. The van der Waals surface area contributed by atoms with E-state index in [1.54, 1.807) is 42.5 Å². The molecule has 3 aromatic rings. The maximum atomic E-state index is 13.2. The van der Waals surface area contributed by atoms with Gasteiger partial charge in [0, 0.05) is 10.0 Å². The van der Waals surface area contributed by atoms with Crippen LogP contribution in [0.2, 0.25) is 0 Å². The smallest absolute Gasteiger partial charge is 0.335 e. The van der Waals surface area contributed by atoms with Crippen LogP contribution in [0.4, 0.5) is 10.5 Å². The van der Waals surface area contributed by atoms with Crippen LogP contribution in [-0.2, 0) is 9.59 Å². The van der Waals surface area contributed by atoms with Crippen LogP contribution in [0, 0.1) is 13.8 Å². The maximum absolute atomic E-state index is 13.2. The maximum Gasteiger partial charge on any atom is 0.335 e. The Bertz CT molecular complexity index is 1300. The second kappa shape index (κ2) is 10.6. The van der Waals surface area contributed by atoms with Gasteiger partial charge in [0.15, 0.2) is 0 Å². The molecule has 0 atom stereocenters. The number of halogens is 1. The standard InChI is InChI=1S/C27H23BrN2O5/c1-17-3-8-21(9-4-17)30-26(32)23(25(31)29-27(30)33)16-19-15-20(28)7-12-24(19)35-14-13-34-22-10-5-18(2)6-11-22/h3-12,15-16H,13-14H2,1-2H3,(H,29,31,33). The molecule has 1 saturated heterocycles. The number of urea groups is 1. The van der Waals surface area contributed by atoms with Crippen molar-refractivity contribution in [3.63, 3.8) is 0 Å². The van der Waals surface area contributed by atoms with E-state index >= 15 is 0 Å². The summed E-state index contributed by atoms with van der Waals surface area (Å²) in [6, 6.07) is 19.1. The van der Waals surface area contributed by atoms with Gasteiger partial charge >= 0.3 is 6.03 Å². The first-order valence-electron chi connectivity index (χ1n) is 10.9.